The van der Waals surface area contributed by atoms with Crippen LogP contribution in [0.1, 0.15) is 50.8 Å². The molecule has 0 aromatic heterocycles. The van der Waals surface area contributed by atoms with Gasteiger partial charge in [0.2, 0.25) is 0 Å². The first kappa shape index (κ1) is 20.1. The van der Waals surface area contributed by atoms with Crippen molar-refractivity contribution in [2.45, 2.75) is 59.6 Å². The van der Waals surface area contributed by atoms with E-state index in [1.807, 2.05) is 39.8 Å². The summed E-state index contributed by atoms with van der Waals surface area (Å²) in [4.78, 5) is 20.6. The predicted octanol–water partition coefficient (Wildman–Crippen LogP) is 2.82. The summed E-state index contributed by atoms with van der Waals surface area (Å²) in [6.45, 7) is 9.26. The number of esters is 1. The van der Waals surface area contributed by atoms with Crippen molar-refractivity contribution in [1.82, 2.24) is 0 Å². The van der Waals surface area contributed by atoms with Crippen molar-refractivity contribution in [3.63, 3.8) is 0 Å². The number of carbonyl (C=O) groups excluding carboxylic acids is 1. The molecule has 1 aromatic carbocycles. The second-order valence-corrected chi connectivity index (χ2v) is 6.08. The van der Waals surface area contributed by atoms with Crippen molar-refractivity contribution in [1.29, 1.82) is 0 Å². The monoisotopic (exact) mass is 309 g/mol. The van der Waals surface area contributed by atoms with Gasteiger partial charge in [0.1, 0.15) is 5.60 Å². The first-order valence-corrected chi connectivity index (χ1v) is 7.25. The summed E-state index contributed by atoms with van der Waals surface area (Å²) < 4.78 is 5.29. The molecule has 124 valence electrons. The molecule has 0 unspecified atom stereocenters. The highest BCUT2D eigenvalue weighted by Gasteiger charge is 2.16. The molecular weight excluding hydrogens is 282 g/mol. The molecule has 5 heteroatoms. The van der Waals surface area contributed by atoms with Gasteiger partial charge in [-0.25, -0.2) is 0 Å². The van der Waals surface area contributed by atoms with Crippen LogP contribution in [-0.2, 0) is 27.3 Å². The molecule has 0 aliphatic rings. The van der Waals surface area contributed by atoms with Gasteiger partial charge in [-0.15, -0.1) is 0 Å². The van der Waals surface area contributed by atoms with Crippen molar-refractivity contribution in [3.8, 4) is 0 Å². The van der Waals surface area contributed by atoms with Crippen molar-refractivity contribution in [2.75, 3.05) is 0 Å². The molecule has 0 spiro atoms. The molecule has 0 aliphatic heterocycles. The van der Waals surface area contributed by atoms with Gasteiger partial charge in [0.15, 0.2) is 0 Å². The summed E-state index contributed by atoms with van der Waals surface area (Å²) in [5, 5.41) is 7.42. The Morgan fingerprint density at radius 2 is 1.77 bits per heavy atom. The lowest BCUT2D eigenvalue weighted by Crippen LogP contribution is -2.24. The molecule has 22 heavy (non-hydrogen) atoms. The number of carboxylic acid groups (broad SMARTS) is 1. The minimum atomic E-state index is -0.833. The van der Waals surface area contributed by atoms with Gasteiger partial charge in [0.25, 0.3) is 5.97 Å². The Morgan fingerprint density at radius 1 is 1.23 bits per heavy atom. The van der Waals surface area contributed by atoms with Crippen LogP contribution in [0.15, 0.2) is 18.2 Å². The summed E-state index contributed by atoms with van der Waals surface area (Å²) in [6, 6.07) is 6.16. The highest BCUT2D eigenvalue weighted by atomic mass is 16.6. The molecule has 1 rings (SSSR count). The SMILES string of the molecule is CC(=O)O.Cc1ccc(CCC(=O)OC(C)(C)C)c(CN)c1. The number of carboxylic acids is 1. The highest BCUT2D eigenvalue weighted by Crippen LogP contribution is 2.15. The Hall–Kier alpha value is -1.88. The average Bonchev–Trinajstić information content (AvgIpc) is 2.34. The van der Waals surface area contributed by atoms with Crippen LogP contribution < -0.4 is 5.73 Å². The number of hydrogen-bond donors (Lipinski definition) is 2. The number of benzene rings is 1. The molecule has 0 aliphatic carbocycles. The van der Waals surface area contributed by atoms with Crippen molar-refractivity contribution in [2.24, 2.45) is 5.73 Å². The van der Waals surface area contributed by atoms with E-state index in [2.05, 4.69) is 6.07 Å². The van der Waals surface area contributed by atoms with E-state index in [0.717, 1.165) is 18.1 Å². The minimum absolute atomic E-state index is 0.161. The molecule has 0 heterocycles. The number of aryl methyl sites for hydroxylation is 2. The largest absolute Gasteiger partial charge is 0.481 e. The lowest BCUT2D eigenvalue weighted by molar-refractivity contribution is -0.154. The average molecular weight is 309 g/mol. The molecule has 0 atom stereocenters. The lowest BCUT2D eigenvalue weighted by atomic mass is 10.0. The Morgan fingerprint density at radius 3 is 2.23 bits per heavy atom. The second-order valence-electron chi connectivity index (χ2n) is 6.08. The topological polar surface area (TPSA) is 89.6 Å². The van der Waals surface area contributed by atoms with Crippen LogP contribution in [0.2, 0.25) is 0 Å². The maximum atomic E-state index is 11.6. The molecule has 5 nitrogen and oxygen atoms in total. The van der Waals surface area contributed by atoms with Gasteiger partial charge >= 0.3 is 5.97 Å². The van der Waals surface area contributed by atoms with E-state index in [1.54, 1.807) is 0 Å². The van der Waals surface area contributed by atoms with Crippen LogP contribution in [0.4, 0.5) is 0 Å². The van der Waals surface area contributed by atoms with Crippen molar-refractivity contribution < 1.29 is 19.4 Å². The number of ether oxygens (including phenoxy) is 1. The van der Waals surface area contributed by atoms with Gasteiger partial charge in [-0.05, 0) is 45.2 Å². The molecule has 0 saturated carbocycles. The Balaban J connectivity index is 0.000000980. The van der Waals surface area contributed by atoms with E-state index >= 15 is 0 Å². The predicted molar refractivity (Wildman–Crippen MR) is 86.5 cm³/mol. The highest BCUT2D eigenvalue weighted by molar-refractivity contribution is 5.70. The Bertz CT molecular complexity index is 500. The number of hydrogen-bond acceptors (Lipinski definition) is 4. The maximum absolute atomic E-state index is 11.6. The van der Waals surface area contributed by atoms with Crippen LogP contribution in [0.3, 0.4) is 0 Å². The van der Waals surface area contributed by atoms with Crippen molar-refractivity contribution in [3.05, 3.63) is 34.9 Å². The molecule has 3 N–H and O–H groups in total. The maximum Gasteiger partial charge on any atom is 0.306 e. The molecule has 0 fully saturated rings. The number of carbonyl (C=O) groups is 2. The van der Waals surface area contributed by atoms with Gasteiger partial charge < -0.3 is 15.6 Å². The standard InChI is InChI=1S/C15H23NO2.C2H4O2/c1-11-5-6-12(13(9-11)10-16)7-8-14(17)18-15(2,3)4;1-2(3)4/h5-6,9H,7-8,10,16H2,1-4H3;1H3,(H,3,4). The summed E-state index contributed by atoms with van der Waals surface area (Å²) in [5.41, 5.74) is 8.73. The van der Waals surface area contributed by atoms with Gasteiger partial charge in [-0.3, -0.25) is 9.59 Å². The molecule has 0 radical (unpaired) electrons. The lowest BCUT2D eigenvalue weighted by Gasteiger charge is -2.19. The summed E-state index contributed by atoms with van der Waals surface area (Å²) >= 11 is 0. The minimum Gasteiger partial charge on any atom is -0.481 e. The normalized spacial score (nSPS) is 10.5. The van der Waals surface area contributed by atoms with Crippen LogP contribution >= 0.6 is 0 Å². The third kappa shape index (κ3) is 9.94. The van der Waals surface area contributed by atoms with Gasteiger partial charge in [0.05, 0.1) is 0 Å². The molecular formula is C17H27NO4. The summed E-state index contributed by atoms with van der Waals surface area (Å²) in [6.07, 6.45) is 1.08. The van der Waals surface area contributed by atoms with E-state index in [1.165, 1.54) is 5.56 Å². The van der Waals surface area contributed by atoms with Crippen LogP contribution in [-0.4, -0.2) is 22.6 Å². The van der Waals surface area contributed by atoms with Crippen LogP contribution in [0.5, 0.6) is 0 Å². The first-order chi connectivity index (χ1) is 10.0. The van der Waals surface area contributed by atoms with Crippen LogP contribution in [0, 0.1) is 6.92 Å². The van der Waals surface area contributed by atoms with E-state index in [9.17, 15) is 4.79 Å². The fraction of sp³-hybridized carbons (Fsp3) is 0.529. The van der Waals surface area contributed by atoms with Gasteiger partial charge in [-0.1, -0.05) is 23.8 Å². The molecule has 0 saturated heterocycles. The van der Waals surface area contributed by atoms with E-state index < -0.39 is 11.6 Å². The van der Waals surface area contributed by atoms with Crippen LogP contribution in [0.25, 0.3) is 0 Å². The fourth-order valence-electron chi connectivity index (χ4n) is 1.82. The number of rotatable bonds is 4. The third-order valence-corrected chi connectivity index (χ3v) is 2.60. The van der Waals surface area contributed by atoms with E-state index in [4.69, 9.17) is 20.4 Å². The quantitative estimate of drug-likeness (QED) is 0.835. The zero-order valence-corrected chi connectivity index (χ0v) is 14.1. The zero-order valence-electron chi connectivity index (χ0n) is 14.1. The Kier molecular flexibility index (Phi) is 8.42. The van der Waals surface area contributed by atoms with Gasteiger partial charge in [-0.2, -0.15) is 0 Å². The fourth-order valence-corrected chi connectivity index (χ4v) is 1.82. The second kappa shape index (κ2) is 9.20. The van der Waals surface area contributed by atoms with E-state index in [-0.39, 0.29) is 5.97 Å². The first-order valence-electron chi connectivity index (χ1n) is 7.25. The number of aliphatic carboxylic acids is 1. The molecule has 0 bridgehead atoms. The van der Waals surface area contributed by atoms with Gasteiger partial charge in [0, 0.05) is 19.9 Å². The number of nitrogens with two attached hydrogens (primary N) is 1. The summed E-state index contributed by atoms with van der Waals surface area (Å²) in [5.74, 6) is -0.994. The zero-order chi connectivity index (χ0) is 17.3. The third-order valence-electron chi connectivity index (χ3n) is 2.60. The van der Waals surface area contributed by atoms with Crippen molar-refractivity contribution >= 4 is 11.9 Å². The molecule has 1 aromatic rings. The summed E-state index contributed by atoms with van der Waals surface area (Å²) in [7, 11) is 0. The Labute approximate surface area is 132 Å². The molecule has 0 amide bonds. The smallest absolute Gasteiger partial charge is 0.306 e. The van der Waals surface area contributed by atoms with E-state index in [0.29, 0.717) is 19.4 Å².